The topological polar surface area (TPSA) is 97.4 Å². The molecule has 0 spiro atoms. The van der Waals surface area contributed by atoms with Gasteiger partial charge in [0, 0.05) is 0 Å². The zero-order valence-electron chi connectivity index (χ0n) is 30.1. The van der Waals surface area contributed by atoms with Crippen LogP contribution in [0.1, 0.15) is 112 Å². The molecule has 0 saturated carbocycles. The van der Waals surface area contributed by atoms with Gasteiger partial charge in [0.15, 0.2) is 0 Å². The van der Waals surface area contributed by atoms with Gasteiger partial charge in [0.25, 0.3) is 0 Å². The fourth-order valence-electron chi connectivity index (χ4n) is 4.98. The minimum absolute atomic E-state index is 0.293. The monoisotopic (exact) mass is 716 g/mol. The molecular weight excluding hydrogens is 663 g/mol. The lowest BCUT2D eigenvalue weighted by atomic mass is 10.1. The number of para-hydroxylation sites is 3. The van der Waals surface area contributed by atoms with E-state index in [-0.39, 0.29) is 0 Å². The number of phosphoric acid groups is 1. The molecule has 0 bridgehead atoms. The summed E-state index contributed by atoms with van der Waals surface area (Å²) in [5.74, 6) is 0.328. The highest BCUT2D eigenvalue weighted by Crippen LogP contribution is 2.49. The van der Waals surface area contributed by atoms with Crippen LogP contribution in [0.4, 0.5) is 0 Å². The number of ether oxygens (including phenoxy) is 2. The van der Waals surface area contributed by atoms with Crippen LogP contribution in [0, 0.1) is 0 Å². The Morgan fingerprint density at radius 2 is 0.725 bits per heavy atom. The maximum Gasteiger partial charge on any atom is 0.647 e. The van der Waals surface area contributed by atoms with Crippen LogP contribution in [0.25, 0.3) is 0 Å². The predicted octanol–water partition coefficient (Wildman–Crippen LogP) is 12.1. The fraction of sp³-hybridized carbons (Fsp3) is 0.381. The number of phosphoric ester groups is 1. The minimum atomic E-state index is -3.89. The summed E-state index contributed by atoms with van der Waals surface area (Å²) in [7, 11) is -3.89. The summed E-state index contributed by atoms with van der Waals surface area (Å²) in [6.07, 6.45) is 13.6. The first-order valence-corrected chi connectivity index (χ1v) is 19.7. The average Bonchev–Trinajstić information content (AvgIpc) is 3.15. The van der Waals surface area contributed by atoms with Crippen LogP contribution in [-0.4, -0.2) is 25.2 Å². The van der Waals surface area contributed by atoms with E-state index in [2.05, 4.69) is 13.8 Å². The summed E-state index contributed by atoms with van der Waals surface area (Å²) in [4.78, 5) is 24.7. The molecule has 0 atom stereocenters. The van der Waals surface area contributed by atoms with E-state index in [0.29, 0.717) is 41.6 Å². The highest BCUT2D eigenvalue weighted by Gasteiger charge is 2.33. The van der Waals surface area contributed by atoms with Crippen molar-refractivity contribution in [2.45, 2.75) is 90.9 Å². The highest BCUT2D eigenvalue weighted by atomic mass is 31.2. The molecule has 0 N–H and O–H groups in total. The summed E-state index contributed by atoms with van der Waals surface area (Å²) in [5.41, 5.74) is 0.586. The molecule has 0 aliphatic rings. The third-order valence-electron chi connectivity index (χ3n) is 7.71. The van der Waals surface area contributed by atoms with E-state index in [4.69, 9.17) is 23.0 Å². The first-order chi connectivity index (χ1) is 24.9. The SMILES string of the molecule is CCCCCCCCOC(=O)c1ccccc1C(=O)OCCCCCCCC.O=P(Oc1ccccc1)(Oc1ccccc1)Oc1ccccc1. The average molecular weight is 717 g/mol. The van der Waals surface area contributed by atoms with Gasteiger partial charge in [-0.1, -0.05) is 145 Å². The van der Waals surface area contributed by atoms with E-state index in [0.717, 1.165) is 25.7 Å². The number of carbonyl (C=O) groups excluding carboxylic acids is 2. The molecule has 0 heterocycles. The van der Waals surface area contributed by atoms with Crippen LogP contribution in [0.15, 0.2) is 115 Å². The molecule has 8 nitrogen and oxygen atoms in total. The molecule has 0 radical (unpaired) electrons. The van der Waals surface area contributed by atoms with Crippen molar-refractivity contribution in [3.05, 3.63) is 126 Å². The second-order valence-corrected chi connectivity index (χ2v) is 13.5. The minimum Gasteiger partial charge on any atom is -0.462 e. The summed E-state index contributed by atoms with van der Waals surface area (Å²) in [6, 6.07) is 33.1. The molecule has 4 rings (SSSR count). The van der Waals surface area contributed by atoms with Crippen molar-refractivity contribution in [3.8, 4) is 17.2 Å². The van der Waals surface area contributed by atoms with Gasteiger partial charge in [-0.2, -0.15) is 4.57 Å². The summed E-state index contributed by atoms with van der Waals surface area (Å²) >= 11 is 0. The maximum atomic E-state index is 13.1. The van der Waals surface area contributed by atoms with Crippen LogP contribution in [0.5, 0.6) is 17.2 Å². The number of esters is 2. The van der Waals surface area contributed by atoms with Gasteiger partial charge >= 0.3 is 19.8 Å². The van der Waals surface area contributed by atoms with Crippen molar-refractivity contribution in [2.75, 3.05) is 13.2 Å². The van der Waals surface area contributed by atoms with E-state index in [1.807, 2.05) is 18.2 Å². The van der Waals surface area contributed by atoms with Crippen LogP contribution in [-0.2, 0) is 14.0 Å². The number of benzene rings is 4. The molecule has 0 aromatic heterocycles. The molecule has 4 aromatic rings. The second kappa shape index (κ2) is 24.6. The molecule has 0 saturated heterocycles. The Morgan fingerprint density at radius 3 is 1.06 bits per heavy atom. The fourth-order valence-corrected chi connectivity index (χ4v) is 6.23. The van der Waals surface area contributed by atoms with Gasteiger partial charge in [-0.05, 0) is 61.4 Å². The van der Waals surface area contributed by atoms with Gasteiger partial charge < -0.3 is 23.0 Å². The van der Waals surface area contributed by atoms with Crippen molar-refractivity contribution in [2.24, 2.45) is 0 Å². The van der Waals surface area contributed by atoms with Crippen molar-refractivity contribution in [1.29, 1.82) is 0 Å². The van der Waals surface area contributed by atoms with Crippen LogP contribution in [0.2, 0.25) is 0 Å². The molecule has 0 fully saturated rings. The maximum absolute atomic E-state index is 13.1. The molecule has 274 valence electrons. The van der Waals surface area contributed by atoms with Crippen molar-refractivity contribution < 1.29 is 37.2 Å². The lowest BCUT2D eigenvalue weighted by Crippen LogP contribution is -2.15. The molecule has 0 aliphatic carbocycles. The van der Waals surface area contributed by atoms with Gasteiger partial charge in [0.1, 0.15) is 17.2 Å². The molecule has 0 aliphatic heterocycles. The number of rotatable bonds is 22. The molecular formula is C42H53O8P. The van der Waals surface area contributed by atoms with Gasteiger partial charge in [-0.25, -0.2) is 9.59 Å². The number of unbranched alkanes of at least 4 members (excludes halogenated alkanes) is 10. The smallest absolute Gasteiger partial charge is 0.462 e. The summed E-state index contributed by atoms with van der Waals surface area (Å²) in [5, 5.41) is 0. The first-order valence-electron chi connectivity index (χ1n) is 18.2. The Balaban J connectivity index is 0.000000280. The Hall–Kier alpha value is -4.55. The standard InChI is InChI=1S/C24H38O4.C18H15O4P/c1-3-5-7-9-11-15-19-27-23(25)21-17-13-14-18-22(21)24(26)28-20-16-12-10-8-6-4-2;19-23(20-16-10-4-1-5-11-16,21-17-12-6-2-7-13-17)22-18-14-8-3-9-15-18/h13-14,17-18H,3-12,15-16,19-20H2,1-2H3;1-15H. The highest BCUT2D eigenvalue weighted by molar-refractivity contribution is 7.49. The van der Waals surface area contributed by atoms with Gasteiger partial charge in [0.2, 0.25) is 0 Å². The van der Waals surface area contributed by atoms with Crippen LogP contribution in [0.3, 0.4) is 0 Å². The van der Waals surface area contributed by atoms with Crippen LogP contribution >= 0.6 is 7.82 Å². The zero-order valence-corrected chi connectivity index (χ0v) is 31.0. The molecule has 9 heteroatoms. The van der Waals surface area contributed by atoms with Crippen molar-refractivity contribution in [3.63, 3.8) is 0 Å². The van der Waals surface area contributed by atoms with Crippen molar-refractivity contribution in [1.82, 2.24) is 0 Å². The van der Waals surface area contributed by atoms with Gasteiger partial charge in [-0.3, -0.25) is 0 Å². The first kappa shape index (κ1) is 40.9. The molecule has 0 unspecified atom stereocenters. The number of hydrogen-bond donors (Lipinski definition) is 0. The summed E-state index contributed by atoms with van der Waals surface area (Å²) in [6.45, 7) is 5.17. The van der Waals surface area contributed by atoms with E-state index in [9.17, 15) is 14.2 Å². The van der Waals surface area contributed by atoms with Crippen molar-refractivity contribution >= 4 is 19.8 Å². The Morgan fingerprint density at radius 1 is 0.431 bits per heavy atom. The largest absolute Gasteiger partial charge is 0.647 e. The zero-order chi connectivity index (χ0) is 36.4. The van der Waals surface area contributed by atoms with Gasteiger partial charge in [0.05, 0.1) is 24.3 Å². The normalized spacial score (nSPS) is 10.7. The molecule has 51 heavy (non-hydrogen) atoms. The van der Waals surface area contributed by atoms with E-state index in [1.165, 1.54) is 51.4 Å². The number of hydrogen-bond acceptors (Lipinski definition) is 8. The Kier molecular flexibility index (Phi) is 19.7. The third-order valence-corrected chi connectivity index (χ3v) is 9.01. The third kappa shape index (κ3) is 16.8. The number of carbonyl (C=O) groups is 2. The molecule has 0 amide bonds. The molecule has 4 aromatic carbocycles. The quantitative estimate of drug-likeness (QED) is 0.0450. The second-order valence-electron chi connectivity index (χ2n) is 12.0. The van der Waals surface area contributed by atoms with E-state index in [1.54, 1.807) is 97.1 Å². The van der Waals surface area contributed by atoms with E-state index >= 15 is 0 Å². The van der Waals surface area contributed by atoms with Gasteiger partial charge in [-0.15, -0.1) is 0 Å². The lowest BCUT2D eigenvalue weighted by Gasteiger charge is -2.19. The summed E-state index contributed by atoms with van der Waals surface area (Å²) < 4.78 is 40.3. The Bertz CT molecular complexity index is 1410. The van der Waals surface area contributed by atoms with E-state index < -0.39 is 19.8 Å². The lowest BCUT2D eigenvalue weighted by molar-refractivity contribution is 0.0450. The Labute approximate surface area is 304 Å². The predicted molar refractivity (Wildman–Crippen MR) is 203 cm³/mol. The van der Waals surface area contributed by atoms with Crippen LogP contribution < -0.4 is 13.6 Å².